The van der Waals surface area contributed by atoms with E-state index >= 15 is 0 Å². The first kappa shape index (κ1) is 23.1. The number of unbranched alkanes of at least 4 members (excludes halogenated alkanes) is 6. The predicted molar refractivity (Wildman–Crippen MR) is 76.1 cm³/mol. The van der Waals surface area contributed by atoms with Crippen molar-refractivity contribution in [3.8, 4) is 0 Å². The van der Waals surface area contributed by atoms with Gasteiger partial charge in [-0.05, 0) is 6.42 Å². The molecule has 5 nitrogen and oxygen atoms in total. The summed E-state index contributed by atoms with van der Waals surface area (Å²) in [6.07, 6.45) is 8.74. The van der Waals surface area contributed by atoms with Gasteiger partial charge in [-0.1, -0.05) is 51.9 Å². The van der Waals surface area contributed by atoms with Crippen molar-refractivity contribution in [2.45, 2.75) is 64.4 Å². The predicted octanol–water partition coefficient (Wildman–Crippen LogP) is -1.37. The van der Waals surface area contributed by atoms with Crippen LogP contribution in [0.4, 0.5) is 0 Å². The van der Waals surface area contributed by atoms with Gasteiger partial charge in [0.05, 0.1) is 22.0 Å². The van der Waals surface area contributed by atoms with Gasteiger partial charge in [-0.2, -0.15) is 0 Å². The maximum atomic E-state index is 10.3. The summed E-state index contributed by atoms with van der Waals surface area (Å²) in [5.41, 5.74) is 0. The van der Waals surface area contributed by atoms with Crippen LogP contribution in [0.5, 0.6) is 0 Å². The van der Waals surface area contributed by atoms with Crippen molar-refractivity contribution in [2.24, 2.45) is 0 Å². The average molecular weight is 317 g/mol. The van der Waals surface area contributed by atoms with Crippen molar-refractivity contribution in [1.29, 1.82) is 0 Å². The fourth-order valence-corrected chi connectivity index (χ4v) is 2.30. The van der Waals surface area contributed by atoms with E-state index < -0.39 is 22.0 Å². The number of hydrogen-bond acceptors (Lipinski definition) is 5. The van der Waals surface area contributed by atoms with Gasteiger partial charge < -0.3 is 15.0 Å². The van der Waals surface area contributed by atoms with E-state index in [-0.39, 0.29) is 36.1 Å². The van der Waals surface area contributed by atoms with Crippen LogP contribution < -0.4 is 34.9 Å². The number of aliphatic hydroxyl groups excluding tert-OH is 1. The molecule has 0 fully saturated rings. The Labute approximate surface area is 146 Å². The maximum absolute atomic E-state index is 10.3. The Morgan fingerprint density at radius 3 is 2.20 bits per heavy atom. The normalized spacial score (nSPS) is 12.9. The molecule has 0 rings (SSSR count). The molecule has 0 aliphatic carbocycles. The fourth-order valence-electron chi connectivity index (χ4n) is 1.90. The van der Waals surface area contributed by atoms with Crippen molar-refractivity contribution in [2.75, 3.05) is 18.8 Å². The second-order valence-corrected chi connectivity index (χ2v) is 6.55. The summed E-state index contributed by atoms with van der Waals surface area (Å²) in [7, 11) is -4.15. The van der Waals surface area contributed by atoms with Gasteiger partial charge in [0.2, 0.25) is 0 Å². The van der Waals surface area contributed by atoms with E-state index in [2.05, 4.69) is 12.2 Å². The summed E-state index contributed by atoms with van der Waals surface area (Å²) in [6, 6.07) is 0. The van der Waals surface area contributed by atoms with Gasteiger partial charge in [-0.3, -0.25) is 0 Å². The first-order chi connectivity index (χ1) is 8.95. The number of hydrogen-bond donors (Lipinski definition) is 2. The smallest absolute Gasteiger partial charge is 0.748 e. The van der Waals surface area contributed by atoms with Crippen molar-refractivity contribution in [3.63, 3.8) is 0 Å². The molecule has 116 valence electrons. The first-order valence-corrected chi connectivity index (χ1v) is 8.85. The molecule has 0 radical (unpaired) electrons. The van der Waals surface area contributed by atoms with Gasteiger partial charge in [0.25, 0.3) is 0 Å². The van der Waals surface area contributed by atoms with E-state index in [1.165, 1.54) is 32.1 Å². The summed E-state index contributed by atoms with van der Waals surface area (Å²) in [5, 5.41) is 12.4. The van der Waals surface area contributed by atoms with Crippen LogP contribution in [0.3, 0.4) is 0 Å². The van der Waals surface area contributed by atoms with Gasteiger partial charge in [0.15, 0.2) is 0 Å². The van der Waals surface area contributed by atoms with Gasteiger partial charge in [-0.25, -0.2) is 8.42 Å². The maximum Gasteiger partial charge on any atom is 1.00 e. The Hall–Kier alpha value is 0.830. The molecule has 0 aromatic rings. The molecule has 0 aliphatic rings. The Bertz CT molecular complexity index is 299. The summed E-state index contributed by atoms with van der Waals surface area (Å²) in [5.74, 6) is -0.419. The monoisotopic (exact) mass is 317 g/mol. The molecular weight excluding hydrogens is 289 g/mol. The van der Waals surface area contributed by atoms with Gasteiger partial charge in [0.1, 0.15) is 0 Å². The van der Waals surface area contributed by atoms with Crippen LogP contribution >= 0.6 is 0 Å². The van der Waals surface area contributed by atoms with Crippen LogP contribution in [0.25, 0.3) is 0 Å². The number of rotatable bonds is 13. The first-order valence-electron chi connectivity index (χ1n) is 7.28. The molecule has 0 saturated carbocycles. The third-order valence-corrected chi connectivity index (χ3v) is 3.75. The van der Waals surface area contributed by atoms with Crippen LogP contribution in [-0.4, -0.2) is 43.0 Å². The molecular formula is C13H28NNaO4S. The molecule has 1 unspecified atom stereocenters. The van der Waals surface area contributed by atoms with Crippen LogP contribution in [-0.2, 0) is 10.1 Å². The van der Waals surface area contributed by atoms with E-state index in [1.54, 1.807) is 0 Å². The number of aliphatic hydroxyl groups is 1. The van der Waals surface area contributed by atoms with Crippen LogP contribution in [0.2, 0.25) is 0 Å². The molecule has 0 saturated heterocycles. The molecule has 20 heavy (non-hydrogen) atoms. The minimum atomic E-state index is -4.15. The van der Waals surface area contributed by atoms with E-state index in [0.717, 1.165) is 19.3 Å². The van der Waals surface area contributed by atoms with Crippen molar-refractivity contribution < 1.29 is 47.6 Å². The quantitative estimate of drug-likeness (QED) is 0.248. The molecule has 0 heterocycles. The third-order valence-electron chi connectivity index (χ3n) is 3.05. The second kappa shape index (κ2) is 14.8. The van der Waals surface area contributed by atoms with E-state index in [9.17, 15) is 18.1 Å². The van der Waals surface area contributed by atoms with Crippen LogP contribution in [0.1, 0.15) is 58.3 Å². The zero-order chi connectivity index (χ0) is 14.6. The van der Waals surface area contributed by atoms with Gasteiger partial charge >= 0.3 is 29.6 Å². The molecule has 0 spiro atoms. The van der Waals surface area contributed by atoms with Gasteiger partial charge in [0, 0.05) is 13.1 Å². The molecule has 7 heteroatoms. The molecule has 2 N–H and O–H groups in total. The fraction of sp³-hybridized carbons (Fsp3) is 1.00. The Morgan fingerprint density at radius 1 is 1.10 bits per heavy atom. The van der Waals surface area contributed by atoms with Crippen molar-refractivity contribution in [1.82, 2.24) is 5.32 Å². The summed E-state index contributed by atoms with van der Waals surface area (Å²) < 4.78 is 31.0. The van der Waals surface area contributed by atoms with Crippen molar-refractivity contribution >= 4 is 10.1 Å². The van der Waals surface area contributed by atoms with E-state index in [0.29, 0.717) is 6.54 Å². The average Bonchev–Trinajstić information content (AvgIpc) is 2.32. The van der Waals surface area contributed by atoms with Crippen LogP contribution in [0, 0.1) is 0 Å². The molecule has 0 aliphatic heterocycles. The minimum absolute atomic E-state index is 0. The van der Waals surface area contributed by atoms with E-state index in [4.69, 9.17) is 0 Å². The van der Waals surface area contributed by atoms with Crippen molar-refractivity contribution in [3.05, 3.63) is 0 Å². The second-order valence-electron chi connectivity index (χ2n) is 5.03. The zero-order valence-electron chi connectivity index (χ0n) is 12.9. The van der Waals surface area contributed by atoms with Gasteiger partial charge in [-0.15, -0.1) is 0 Å². The molecule has 0 amide bonds. The molecule has 0 aromatic heterocycles. The SMILES string of the molecule is CCCCCCCCCC(O)CNCCS(=O)(=O)[O-].[Na+]. The Balaban J connectivity index is 0. The minimum Gasteiger partial charge on any atom is -0.748 e. The Morgan fingerprint density at radius 2 is 1.65 bits per heavy atom. The topological polar surface area (TPSA) is 89.5 Å². The third kappa shape index (κ3) is 18.8. The summed E-state index contributed by atoms with van der Waals surface area (Å²) >= 11 is 0. The molecule has 0 aromatic carbocycles. The summed E-state index contributed by atoms with van der Waals surface area (Å²) in [4.78, 5) is 0. The van der Waals surface area contributed by atoms with E-state index in [1.807, 2.05) is 0 Å². The van der Waals surface area contributed by atoms with Crippen LogP contribution in [0.15, 0.2) is 0 Å². The zero-order valence-corrected chi connectivity index (χ0v) is 15.8. The standard InChI is InChI=1S/C13H29NO4S.Na/c1-2-3-4-5-6-7-8-9-13(15)12-14-10-11-19(16,17)18;/h13-15H,2-12H2,1H3,(H,16,17,18);/q;+1/p-1. The summed E-state index contributed by atoms with van der Waals surface area (Å²) in [6.45, 7) is 2.66. The molecule has 1 atom stereocenters. The largest absolute Gasteiger partial charge is 1.00 e. The number of nitrogens with one attached hydrogen (secondary N) is 1. The Kier molecular flexibility index (Phi) is 17.0. The molecule has 0 bridgehead atoms.